The first-order valence-corrected chi connectivity index (χ1v) is 12.7. The van der Waals surface area contributed by atoms with E-state index < -0.39 is 0 Å². The molecule has 2 unspecified atom stereocenters. The average Bonchev–Trinajstić information content (AvgIpc) is 3.37. The van der Waals surface area contributed by atoms with Gasteiger partial charge in [0.25, 0.3) is 0 Å². The number of nitrogens with zero attached hydrogens (tertiary/aromatic N) is 2. The van der Waals surface area contributed by atoms with Crippen molar-refractivity contribution in [1.29, 1.82) is 0 Å². The molecule has 0 spiro atoms. The number of unbranched alkanes of at least 4 members (excludes halogenated alkanes) is 1. The van der Waals surface area contributed by atoms with Crippen molar-refractivity contribution >= 4 is 11.8 Å². The van der Waals surface area contributed by atoms with Crippen LogP contribution in [-0.4, -0.2) is 41.9 Å². The summed E-state index contributed by atoms with van der Waals surface area (Å²) in [5, 5.41) is 3.09. The Morgan fingerprint density at radius 3 is 2.72 bits per heavy atom. The molecule has 2 aromatic carbocycles. The van der Waals surface area contributed by atoms with E-state index in [1.807, 2.05) is 60.4 Å². The van der Waals surface area contributed by atoms with Gasteiger partial charge in [-0.3, -0.25) is 9.59 Å². The van der Waals surface area contributed by atoms with Gasteiger partial charge in [-0.25, -0.2) is 4.98 Å². The van der Waals surface area contributed by atoms with Gasteiger partial charge < -0.3 is 19.4 Å². The van der Waals surface area contributed by atoms with Gasteiger partial charge in [0.2, 0.25) is 17.7 Å². The molecule has 1 aromatic heterocycles. The number of piperidine rings is 1. The molecule has 1 aliphatic heterocycles. The lowest BCUT2D eigenvalue weighted by atomic mass is 9.83. The van der Waals surface area contributed by atoms with Crippen molar-refractivity contribution < 1.29 is 18.7 Å². The third-order valence-corrected chi connectivity index (χ3v) is 6.78. The van der Waals surface area contributed by atoms with Gasteiger partial charge >= 0.3 is 0 Å². The minimum absolute atomic E-state index is 0.0536. The summed E-state index contributed by atoms with van der Waals surface area (Å²) >= 11 is 0. The van der Waals surface area contributed by atoms with Crippen molar-refractivity contribution in [2.24, 2.45) is 5.92 Å². The van der Waals surface area contributed by atoms with Gasteiger partial charge in [-0.1, -0.05) is 49.2 Å². The lowest BCUT2D eigenvalue weighted by molar-refractivity contribution is -0.143. The maximum atomic E-state index is 13.4. The van der Waals surface area contributed by atoms with Gasteiger partial charge in [0, 0.05) is 37.1 Å². The van der Waals surface area contributed by atoms with Crippen molar-refractivity contribution in [1.82, 2.24) is 15.2 Å². The Morgan fingerprint density at radius 1 is 1.19 bits per heavy atom. The zero-order valence-corrected chi connectivity index (χ0v) is 21.3. The first-order valence-electron chi connectivity index (χ1n) is 12.7. The summed E-state index contributed by atoms with van der Waals surface area (Å²) in [6.45, 7) is 5.21. The molecule has 190 valence electrons. The average molecular weight is 490 g/mol. The number of oxazole rings is 1. The van der Waals surface area contributed by atoms with Crippen LogP contribution >= 0.6 is 0 Å². The first kappa shape index (κ1) is 25.5. The van der Waals surface area contributed by atoms with E-state index >= 15 is 0 Å². The number of nitrogens with one attached hydrogen (secondary N) is 1. The lowest BCUT2D eigenvalue weighted by Gasteiger charge is -2.41. The number of benzene rings is 2. The number of methoxy groups -OCH3 is 1. The van der Waals surface area contributed by atoms with E-state index in [-0.39, 0.29) is 23.8 Å². The smallest absolute Gasteiger partial charge is 0.226 e. The zero-order valence-electron chi connectivity index (χ0n) is 21.3. The second kappa shape index (κ2) is 11.9. The summed E-state index contributed by atoms with van der Waals surface area (Å²) in [5.74, 6) is 0.959. The van der Waals surface area contributed by atoms with Gasteiger partial charge in [0.05, 0.1) is 24.8 Å². The molecule has 1 fully saturated rings. The number of aromatic nitrogens is 1. The molecule has 7 heteroatoms. The van der Waals surface area contributed by atoms with Crippen LogP contribution in [0.4, 0.5) is 0 Å². The van der Waals surface area contributed by atoms with Crippen LogP contribution in [0.5, 0.6) is 5.75 Å². The van der Waals surface area contributed by atoms with Crippen LogP contribution in [0.15, 0.2) is 59.2 Å². The normalized spacial score (nSPS) is 17.8. The lowest BCUT2D eigenvalue weighted by Crippen LogP contribution is -2.48. The molecule has 3 aromatic rings. The molecule has 0 saturated carbocycles. The largest absolute Gasteiger partial charge is 0.496 e. The Kier molecular flexibility index (Phi) is 8.41. The predicted octanol–water partition coefficient (Wildman–Crippen LogP) is 5.10. The molecular weight excluding hydrogens is 454 g/mol. The minimum atomic E-state index is -0.353. The van der Waals surface area contributed by atoms with Crippen LogP contribution < -0.4 is 10.1 Å². The van der Waals surface area contributed by atoms with Crippen molar-refractivity contribution in [2.45, 2.75) is 52.0 Å². The number of amides is 2. The van der Waals surface area contributed by atoms with Crippen LogP contribution in [0.25, 0.3) is 11.5 Å². The standard InChI is InChI=1S/C29H35N3O4/c1-4-5-18-32-26(33)15-14-24(27(32)23-8-6-7-9-25(23)35-3)28(34)30-17-16-22-19-36-29(31-22)21-12-10-20(2)11-13-21/h6-13,19,24,27H,4-5,14-18H2,1-3H3,(H,30,34). The predicted molar refractivity (Wildman–Crippen MR) is 138 cm³/mol. The van der Waals surface area contributed by atoms with E-state index in [1.54, 1.807) is 13.4 Å². The number of para-hydroxylation sites is 1. The third-order valence-electron chi connectivity index (χ3n) is 6.78. The number of aryl methyl sites for hydroxylation is 1. The second-order valence-electron chi connectivity index (χ2n) is 9.32. The summed E-state index contributed by atoms with van der Waals surface area (Å²) < 4.78 is 11.3. The topological polar surface area (TPSA) is 84.7 Å². The Balaban J connectivity index is 1.46. The highest BCUT2D eigenvalue weighted by molar-refractivity contribution is 5.85. The molecule has 2 heterocycles. The van der Waals surface area contributed by atoms with Crippen LogP contribution in [-0.2, 0) is 16.0 Å². The SMILES string of the molecule is CCCCN1C(=O)CCC(C(=O)NCCc2coc(-c3ccc(C)cc3)n2)C1c1ccccc1OC. The van der Waals surface area contributed by atoms with E-state index in [1.165, 1.54) is 5.56 Å². The van der Waals surface area contributed by atoms with Gasteiger partial charge in [0.1, 0.15) is 12.0 Å². The van der Waals surface area contributed by atoms with E-state index in [0.717, 1.165) is 29.7 Å². The fourth-order valence-electron chi connectivity index (χ4n) is 4.81. The van der Waals surface area contributed by atoms with Crippen molar-refractivity contribution in [2.75, 3.05) is 20.2 Å². The summed E-state index contributed by atoms with van der Waals surface area (Å²) in [5.41, 5.74) is 3.77. The quantitative estimate of drug-likeness (QED) is 0.428. The van der Waals surface area contributed by atoms with Crippen molar-refractivity contribution in [3.05, 3.63) is 71.6 Å². The Labute approximate surface area is 212 Å². The number of likely N-dealkylation sites (tertiary alicyclic amines) is 1. The molecule has 0 bridgehead atoms. The molecule has 2 atom stereocenters. The Morgan fingerprint density at radius 2 is 1.97 bits per heavy atom. The minimum Gasteiger partial charge on any atom is -0.496 e. The third kappa shape index (κ3) is 5.78. The Bertz CT molecular complexity index is 1170. The molecule has 2 amide bonds. The molecule has 1 aliphatic rings. The zero-order chi connectivity index (χ0) is 25.5. The van der Waals surface area contributed by atoms with Crippen LogP contribution in [0.3, 0.4) is 0 Å². The molecular formula is C29H35N3O4. The van der Waals surface area contributed by atoms with E-state index in [0.29, 0.717) is 44.0 Å². The molecule has 4 rings (SSSR count). The van der Waals surface area contributed by atoms with Crippen LogP contribution in [0, 0.1) is 12.8 Å². The molecule has 36 heavy (non-hydrogen) atoms. The van der Waals surface area contributed by atoms with Gasteiger partial charge in [-0.15, -0.1) is 0 Å². The fraction of sp³-hybridized carbons (Fsp3) is 0.414. The van der Waals surface area contributed by atoms with E-state index in [2.05, 4.69) is 17.2 Å². The van der Waals surface area contributed by atoms with Gasteiger partial charge in [0.15, 0.2) is 0 Å². The fourth-order valence-corrected chi connectivity index (χ4v) is 4.81. The second-order valence-corrected chi connectivity index (χ2v) is 9.32. The van der Waals surface area contributed by atoms with Crippen molar-refractivity contribution in [3.8, 4) is 17.2 Å². The number of hydrogen-bond acceptors (Lipinski definition) is 5. The highest BCUT2D eigenvalue weighted by Crippen LogP contribution is 2.40. The van der Waals surface area contributed by atoms with Crippen molar-refractivity contribution in [3.63, 3.8) is 0 Å². The monoisotopic (exact) mass is 489 g/mol. The molecule has 7 nitrogen and oxygen atoms in total. The maximum absolute atomic E-state index is 13.4. The van der Waals surface area contributed by atoms with Crippen LogP contribution in [0.2, 0.25) is 0 Å². The highest BCUT2D eigenvalue weighted by Gasteiger charge is 2.41. The molecule has 1 saturated heterocycles. The number of carbonyl (C=O) groups is 2. The van der Waals surface area contributed by atoms with E-state index in [4.69, 9.17) is 9.15 Å². The van der Waals surface area contributed by atoms with Gasteiger partial charge in [-0.2, -0.15) is 0 Å². The number of rotatable bonds is 10. The van der Waals surface area contributed by atoms with Crippen LogP contribution in [0.1, 0.15) is 55.5 Å². The Hall–Kier alpha value is -3.61. The van der Waals surface area contributed by atoms with Gasteiger partial charge in [-0.05, 0) is 38.0 Å². The summed E-state index contributed by atoms with van der Waals surface area (Å²) in [6.07, 6.45) is 4.95. The number of ether oxygens (including phenoxy) is 1. The number of hydrogen-bond donors (Lipinski definition) is 1. The molecule has 0 aliphatic carbocycles. The summed E-state index contributed by atoms with van der Waals surface area (Å²) in [7, 11) is 1.62. The summed E-state index contributed by atoms with van der Waals surface area (Å²) in [4.78, 5) is 32.8. The first-order chi connectivity index (χ1) is 17.5. The van der Waals surface area contributed by atoms with E-state index in [9.17, 15) is 9.59 Å². The molecule has 0 radical (unpaired) electrons. The maximum Gasteiger partial charge on any atom is 0.226 e. The summed E-state index contributed by atoms with van der Waals surface area (Å²) in [6, 6.07) is 15.3. The number of carbonyl (C=O) groups excluding carboxylic acids is 2. The highest BCUT2D eigenvalue weighted by atomic mass is 16.5. The molecule has 1 N–H and O–H groups in total.